The summed E-state index contributed by atoms with van der Waals surface area (Å²) in [6.45, 7) is 9.43. The number of rotatable bonds is 23. The zero-order valence-electron chi connectivity index (χ0n) is 22.6. The van der Waals surface area contributed by atoms with Crippen LogP contribution in [0, 0.1) is 0 Å². The van der Waals surface area contributed by atoms with E-state index in [4.69, 9.17) is 0 Å². The standard InChI is InChI=1S/C30H58N2/c1-5-7-9-11-13-15-16-17-19-21-23-25-29(4)32-27-26-31-30(32)28(3)24-22-20-18-14-12-10-8-6-2/h26-29H,5-25H2,1-4H3/p+1. The maximum absolute atomic E-state index is 3.57. The van der Waals surface area contributed by atoms with Gasteiger partial charge in [-0.15, -0.1) is 0 Å². The highest BCUT2D eigenvalue weighted by molar-refractivity contribution is 4.87. The zero-order chi connectivity index (χ0) is 23.3. The van der Waals surface area contributed by atoms with Crippen molar-refractivity contribution in [2.75, 3.05) is 0 Å². The summed E-state index contributed by atoms with van der Waals surface area (Å²) in [6.07, 6.45) is 34.1. The summed E-state index contributed by atoms with van der Waals surface area (Å²) in [4.78, 5) is 3.57. The highest BCUT2D eigenvalue weighted by Gasteiger charge is 2.22. The predicted molar refractivity (Wildman–Crippen MR) is 142 cm³/mol. The fourth-order valence-electron chi connectivity index (χ4n) is 5.10. The summed E-state index contributed by atoms with van der Waals surface area (Å²) < 4.78 is 2.53. The molecular weight excluding hydrogens is 388 g/mol. The van der Waals surface area contributed by atoms with Crippen LogP contribution < -0.4 is 4.57 Å². The molecule has 2 atom stereocenters. The van der Waals surface area contributed by atoms with E-state index >= 15 is 0 Å². The van der Waals surface area contributed by atoms with E-state index in [1.165, 1.54) is 141 Å². The lowest BCUT2D eigenvalue weighted by Crippen LogP contribution is -2.40. The highest BCUT2D eigenvalue weighted by atomic mass is 15.1. The van der Waals surface area contributed by atoms with Crippen LogP contribution in [0.2, 0.25) is 0 Å². The number of nitrogens with zero attached hydrogens (tertiary/aromatic N) is 1. The largest absolute Gasteiger partial charge is 0.257 e. The van der Waals surface area contributed by atoms with Gasteiger partial charge in [-0.05, 0) is 26.2 Å². The monoisotopic (exact) mass is 447 g/mol. The molecule has 0 aliphatic heterocycles. The van der Waals surface area contributed by atoms with E-state index in [0.717, 1.165) is 0 Å². The molecule has 188 valence electrons. The summed E-state index contributed by atoms with van der Waals surface area (Å²) in [7, 11) is 0. The molecule has 0 aliphatic carbocycles. The Hall–Kier alpha value is -0.790. The number of aromatic nitrogens is 2. The molecule has 0 fully saturated rings. The first-order chi connectivity index (χ1) is 15.7. The minimum Gasteiger partial charge on any atom is -0.247 e. The van der Waals surface area contributed by atoms with Crippen molar-refractivity contribution in [1.29, 1.82) is 0 Å². The molecule has 1 rings (SSSR count). The quantitative estimate of drug-likeness (QED) is 0.127. The van der Waals surface area contributed by atoms with Crippen molar-refractivity contribution in [2.45, 2.75) is 174 Å². The van der Waals surface area contributed by atoms with Gasteiger partial charge in [0.05, 0.1) is 12.0 Å². The molecule has 0 saturated carbocycles. The molecule has 2 nitrogen and oxygen atoms in total. The lowest BCUT2D eigenvalue weighted by molar-refractivity contribution is -0.727. The summed E-state index contributed by atoms with van der Waals surface area (Å²) in [5.41, 5.74) is 0. The fraction of sp³-hybridized carbons (Fsp3) is 0.900. The Bertz CT molecular complexity index is 507. The van der Waals surface area contributed by atoms with Gasteiger partial charge in [0.1, 0.15) is 12.4 Å². The van der Waals surface area contributed by atoms with E-state index in [9.17, 15) is 0 Å². The third-order valence-corrected chi connectivity index (χ3v) is 7.40. The van der Waals surface area contributed by atoms with Gasteiger partial charge in [0.2, 0.25) is 0 Å². The highest BCUT2D eigenvalue weighted by Crippen LogP contribution is 2.21. The maximum Gasteiger partial charge on any atom is 0.257 e. The molecular formula is C30H59N2+. The lowest BCUT2D eigenvalue weighted by Gasteiger charge is -2.14. The number of hydrogen-bond acceptors (Lipinski definition) is 0. The average Bonchev–Trinajstić information content (AvgIpc) is 3.29. The average molecular weight is 448 g/mol. The Morgan fingerprint density at radius 1 is 0.594 bits per heavy atom. The summed E-state index contributed by atoms with van der Waals surface area (Å²) in [5.74, 6) is 2.09. The van der Waals surface area contributed by atoms with Crippen LogP contribution >= 0.6 is 0 Å². The van der Waals surface area contributed by atoms with Gasteiger partial charge in [0, 0.05) is 0 Å². The number of nitrogens with one attached hydrogen (secondary N) is 1. The van der Waals surface area contributed by atoms with Crippen molar-refractivity contribution in [3.63, 3.8) is 0 Å². The molecule has 0 amide bonds. The van der Waals surface area contributed by atoms with Crippen LogP contribution in [0.1, 0.15) is 180 Å². The molecule has 1 N–H and O–H groups in total. The lowest BCUT2D eigenvalue weighted by atomic mass is 10.00. The maximum atomic E-state index is 3.57. The number of unbranched alkanes of at least 4 members (excludes halogenated alkanes) is 17. The number of aromatic amines is 1. The van der Waals surface area contributed by atoms with Gasteiger partial charge in [-0.2, -0.15) is 0 Å². The van der Waals surface area contributed by atoms with Crippen molar-refractivity contribution >= 4 is 0 Å². The Labute approximate surface area is 202 Å². The Morgan fingerprint density at radius 3 is 1.47 bits per heavy atom. The topological polar surface area (TPSA) is 19.7 Å². The molecule has 0 bridgehead atoms. The molecule has 1 aromatic rings. The first-order valence-corrected chi connectivity index (χ1v) is 14.8. The van der Waals surface area contributed by atoms with Crippen molar-refractivity contribution < 1.29 is 4.57 Å². The van der Waals surface area contributed by atoms with Crippen LogP contribution in [-0.2, 0) is 0 Å². The second-order valence-corrected chi connectivity index (χ2v) is 10.6. The molecule has 0 aliphatic rings. The third kappa shape index (κ3) is 14.4. The van der Waals surface area contributed by atoms with Crippen molar-refractivity contribution in [3.05, 3.63) is 18.2 Å². The van der Waals surface area contributed by atoms with Crippen molar-refractivity contribution in [2.24, 2.45) is 0 Å². The number of hydrogen-bond donors (Lipinski definition) is 1. The SMILES string of the molecule is CCCCCCCCCCCCCC(C)[n+]1cc[nH]c1C(C)CCCCCCCCCC. The van der Waals surface area contributed by atoms with E-state index in [2.05, 4.69) is 49.6 Å². The number of imidazole rings is 1. The van der Waals surface area contributed by atoms with Gasteiger partial charge in [0.15, 0.2) is 0 Å². The minimum absolute atomic E-state index is 0.621. The van der Waals surface area contributed by atoms with Crippen LogP contribution in [0.5, 0.6) is 0 Å². The molecule has 0 radical (unpaired) electrons. The molecule has 1 heterocycles. The Kier molecular flexibility index (Phi) is 19.0. The van der Waals surface area contributed by atoms with Crippen molar-refractivity contribution in [1.82, 2.24) is 4.98 Å². The Balaban J connectivity index is 2.10. The van der Waals surface area contributed by atoms with Crippen LogP contribution in [-0.4, -0.2) is 4.98 Å². The van der Waals surface area contributed by atoms with Crippen LogP contribution in [0.4, 0.5) is 0 Å². The fourth-order valence-corrected chi connectivity index (χ4v) is 5.10. The van der Waals surface area contributed by atoms with E-state index in [-0.39, 0.29) is 0 Å². The molecule has 1 aromatic heterocycles. The molecule has 2 heteroatoms. The van der Waals surface area contributed by atoms with Gasteiger partial charge in [-0.25, -0.2) is 9.55 Å². The van der Waals surface area contributed by atoms with Crippen LogP contribution in [0.3, 0.4) is 0 Å². The van der Waals surface area contributed by atoms with Crippen LogP contribution in [0.15, 0.2) is 12.4 Å². The zero-order valence-corrected chi connectivity index (χ0v) is 22.6. The second-order valence-electron chi connectivity index (χ2n) is 10.6. The smallest absolute Gasteiger partial charge is 0.247 e. The van der Waals surface area contributed by atoms with E-state index in [0.29, 0.717) is 12.0 Å². The van der Waals surface area contributed by atoms with E-state index in [1.807, 2.05) is 0 Å². The van der Waals surface area contributed by atoms with Gasteiger partial charge in [-0.3, -0.25) is 0 Å². The molecule has 0 saturated heterocycles. The number of H-pyrrole nitrogens is 1. The molecule has 2 unspecified atom stereocenters. The first kappa shape index (κ1) is 29.2. The van der Waals surface area contributed by atoms with Crippen LogP contribution in [0.25, 0.3) is 0 Å². The van der Waals surface area contributed by atoms with Gasteiger partial charge < -0.3 is 0 Å². The first-order valence-electron chi connectivity index (χ1n) is 14.8. The summed E-state index contributed by atoms with van der Waals surface area (Å²) in [5, 5.41) is 0. The second kappa shape index (κ2) is 20.8. The van der Waals surface area contributed by atoms with Gasteiger partial charge >= 0.3 is 0 Å². The Morgan fingerprint density at radius 2 is 1.00 bits per heavy atom. The van der Waals surface area contributed by atoms with E-state index in [1.54, 1.807) is 0 Å². The minimum atomic E-state index is 0.621. The van der Waals surface area contributed by atoms with E-state index < -0.39 is 0 Å². The molecule has 0 aromatic carbocycles. The van der Waals surface area contributed by atoms with Gasteiger partial charge in [0.25, 0.3) is 5.82 Å². The molecule has 32 heavy (non-hydrogen) atoms. The normalized spacial score (nSPS) is 13.5. The summed E-state index contributed by atoms with van der Waals surface area (Å²) in [6, 6.07) is 0.621. The van der Waals surface area contributed by atoms with Gasteiger partial charge in [-0.1, -0.05) is 136 Å². The summed E-state index contributed by atoms with van der Waals surface area (Å²) >= 11 is 0. The third-order valence-electron chi connectivity index (χ3n) is 7.40. The predicted octanol–water partition coefficient (Wildman–Crippen LogP) is 10.2. The van der Waals surface area contributed by atoms with Crippen molar-refractivity contribution in [3.8, 4) is 0 Å². The molecule has 0 spiro atoms.